The molecular weight excluding hydrogens is 721 g/mol. The molecule has 1 aliphatic carbocycles. The van der Waals surface area contributed by atoms with Gasteiger partial charge in [-0.05, 0) is 67.8 Å². The molecule has 0 aromatic heterocycles. The number of hydrogen-bond donors (Lipinski definition) is 1. The van der Waals surface area contributed by atoms with Crippen LogP contribution in [-0.4, -0.2) is 43.8 Å². The molecule has 5 rings (SSSR count). The van der Waals surface area contributed by atoms with Gasteiger partial charge in [0, 0.05) is 39.1 Å². The van der Waals surface area contributed by atoms with Gasteiger partial charge in [-0.2, -0.15) is 0 Å². The van der Waals surface area contributed by atoms with Crippen molar-refractivity contribution in [3.63, 3.8) is 0 Å². The number of carbonyl (C=O) groups excluding carboxylic acids is 2. The second-order valence-electron chi connectivity index (χ2n) is 11.7. The first kappa shape index (κ1) is 35.0. The van der Waals surface area contributed by atoms with Gasteiger partial charge in [-0.1, -0.05) is 112 Å². The lowest BCUT2D eigenvalue weighted by molar-refractivity contribution is -0.140. The van der Waals surface area contributed by atoms with E-state index in [4.69, 9.17) is 23.2 Å². The third kappa shape index (κ3) is 8.76. The summed E-state index contributed by atoms with van der Waals surface area (Å²) in [4.78, 5) is 30.3. The average Bonchev–Trinajstić information content (AvgIpc) is 3.56. The lowest BCUT2D eigenvalue weighted by Crippen LogP contribution is -2.54. The SMILES string of the molecule is Cc1ccc(S(=O)(=O)N(CC(=O)N(Cc2c(Cl)cccc2Cl)[C@H](Cc2ccccc2)C(=O)NC2CCCC2)c2cccc(Br)c2)cc1. The molecule has 47 heavy (non-hydrogen) atoms. The fraction of sp³-hybridized carbons (Fsp3) is 0.278. The fourth-order valence-electron chi connectivity index (χ4n) is 5.77. The molecule has 1 aliphatic rings. The molecule has 7 nitrogen and oxygen atoms in total. The van der Waals surface area contributed by atoms with Gasteiger partial charge in [0.15, 0.2) is 0 Å². The van der Waals surface area contributed by atoms with Crippen LogP contribution in [-0.2, 0) is 32.6 Å². The minimum Gasteiger partial charge on any atom is -0.352 e. The van der Waals surface area contributed by atoms with Gasteiger partial charge in [0.05, 0.1) is 10.6 Å². The highest BCUT2D eigenvalue weighted by atomic mass is 79.9. The number of aryl methyl sites for hydroxylation is 1. The minimum atomic E-state index is -4.22. The Hall–Kier alpha value is -3.37. The van der Waals surface area contributed by atoms with Crippen molar-refractivity contribution in [2.45, 2.75) is 62.6 Å². The molecule has 0 spiro atoms. The summed E-state index contributed by atoms with van der Waals surface area (Å²) >= 11 is 16.7. The number of carbonyl (C=O) groups is 2. The largest absolute Gasteiger partial charge is 0.352 e. The van der Waals surface area contributed by atoms with Crippen molar-refractivity contribution in [1.29, 1.82) is 0 Å². The zero-order valence-corrected chi connectivity index (χ0v) is 29.8. The fourth-order valence-corrected chi connectivity index (χ4v) is 8.08. The smallest absolute Gasteiger partial charge is 0.264 e. The van der Waals surface area contributed by atoms with Crippen molar-refractivity contribution in [2.75, 3.05) is 10.8 Å². The molecule has 0 heterocycles. The van der Waals surface area contributed by atoms with Crippen molar-refractivity contribution in [3.05, 3.63) is 128 Å². The second kappa shape index (κ2) is 15.7. The maximum absolute atomic E-state index is 14.7. The topological polar surface area (TPSA) is 86.8 Å². The highest BCUT2D eigenvalue weighted by Crippen LogP contribution is 2.30. The number of halogens is 3. The molecule has 1 N–H and O–H groups in total. The number of benzene rings is 4. The van der Waals surface area contributed by atoms with Crippen LogP contribution in [0.3, 0.4) is 0 Å². The Morgan fingerprint density at radius 1 is 0.894 bits per heavy atom. The van der Waals surface area contributed by atoms with Crippen molar-refractivity contribution in [1.82, 2.24) is 10.2 Å². The Morgan fingerprint density at radius 3 is 2.17 bits per heavy atom. The lowest BCUT2D eigenvalue weighted by Gasteiger charge is -2.34. The van der Waals surface area contributed by atoms with Crippen molar-refractivity contribution in [3.8, 4) is 0 Å². The van der Waals surface area contributed by atoms with E-state index in [0.717, 1.165) is 41.1 Å². The first-order chi connectivity index (χ1) is 22.5. The van der Waals surface area contributed by atoms with Crippen molar-refractivity contribution < 1.29 is 18.0 Å². The molecule has 246 valence electrons. The quantitative estimate of drug-likeness (QED) is 0.159. The first-order valence-electron chi connectivity index (χ1n) is 15.4. The molecule has 1 fully saturated rings. The summed E-state index contributed by atoms with van der Waals surface area (Å²) in [6.45, 7) is 1.19. The van der Waals surface area contributed by atoms with E-state index in [1.807, 2.05) is 37.3 Å². The van der Waals surface area contributed by atoms with Gasteiger partial charge in [0.25, 0.3) is 10.0 Å². The summed E-state index contributed by atoms with van der Waals surface area (Å²) in [6, 6.07) is 26.7. The van der Waals surface area contributed by atoms with Gasteiger partial charge in [0.1, 0.15) is 12.6 Å². The van der Waals surface area contributed by atoms with Crippen LogP contribution in [0.15, 0.2) is 106 Å². The van der Waals surface area contributed by atoms with Gasteiger partial charge in [0.2, 0.25) is 11.8 Å². The van der Waals surface area contributed by atoms with Crippen LogP contribution in [0.2, 0.25) is 10.0 Å². The molecule has 0 bridgehead atoms. The van der Waals surface area contributed by atoms with Crippen molar-refractivity contribution in [2.24, 2.45) is 0 Å². The Kier molecular flexibility index (Phi) is 11.7. The number of rotatable bonds is 12. The number of hydrogen-bond acceptors (Lipinski definition) is 4. The Labute approximate surface area is 295 Å². The third-order valence-electron chi connectivity index (χ3n) is 8.35. The van der Waals surface area contributed by atoms with E-state index in [2.05, 4.69) is 21.2 Å². The van der Waals surface area contributed by atoms with Crippen LogP contribution in [0.1, 0.15) is 42.4 Å². The molecule has 2 amide bonds. The summed E-state index contributed by atoms with van der Waals surface area (Å²) in [7, 11) is -4.22. The number of anilines is 1. The first-order valence-corrected chi connectivity index (χ1v) is 18.4. The van der Waals surface area contributed by atoms with Gasteiger partial charge in [-0.15, -0.1) is 0 Å². The maximum atomic E-state index is 14.7. The summed E-state index contributed by atoms with van der Waals surface area (Å²) < 4.78 is 30.2. The summed E-state index contributed by atoms with van der Waals surface area (Å²) in [6.07, 6.45) is 3.96. The van der Waals surface area contributed by atoms with E-state index in [-0.39, 0.29) is 29.8 Å². The van der Waals surface area contributed by atoms with Crippen LogP contribution in [0.25, 0.3) is 0 Å². The molecule has 0 radical (unpaired) electrons. The van der Waals surface area contributed by atoms with Gasteiger partial charge in [-0.25, -0.2) is 8.42 Å². The standard InChI is InChI=1S/C36H36BrCl2N3O4S/c1-25-17-19-30(20-18-25)47(45,46)42(29-14-7-11-27(37)22-29)24-35(43)41(23-31-32(38)15-8-16-33(31)39)34(21-26-9-3-2-4-10-26)36(44)40-28-12-5-6-13-28/h2-4,7-11,14-20,22,28,34H,5-6,12-13,21,23-24H2,1H3,(H,40,44)/t34-/m1/s1. The van der Waals surface area contributed by atoms with Crippen LogP contribution in [0.5, 0.6) is 0 Å². The van der Waals surface area contributed by atoms with E-state index in [1.54, 1.807) is 54.6 Å². The number of nitrogens with one attached hydrogen (secondary N) is 1. The molecule has 1 atom stereocenters. The number of sulfonamides is 1. The van der Waals surface area contributed by atoms with Crippen LogP contribution in [0, 0.1) is 6.92 Å². The summed E-state index contributed by atoms with van der Waals surface area (Å²) in [5, 5.41) is 3.84. The zero-order chi connectivity index (χ0) is 33.6. The molecule has 0 aliphatic heterocycles. The number of amides is 2. The Balaban J connectivity index is 1.59. The van der Waals surface area contributed by atoms with Crippen molar-refractivity contribution >= 4 is 66.7 Å². The maximum Gasteiger partial charge on any atom is 0.264 e. The van der Waals surface area contributed by atoms with Crippen LogP contribution >= 0.6 is 39.1 Å². The van der Waals surface area contributed by atoms with E-state index in [1.165, 1.54) is 17.0 Å². The zero-order valence-electron chi connectivity index (χ0n) is 25.9. The molecule has 4 aromatic rings. The minimum absolute atomic E-state index is 0.00158. The van der Waals surface area contributed by atoms with E-state index in [0.29, 0.717) is 25.8 Å². The lowest BCUT2D eigenvalue weighted by atomic mass is 10.0. The summed E-state index contributed by atoms with van der Waals surface area (Å²) in [5.41, 5.74) is 2.50. The van der Waals surface area contributed by atoms with Gasteiger partial charge in [-0.3, -0.25) is 13.9 Å². The Morgan fingerprint density at radius 2 is 1.53 bits per heavy atom. The Bertz CT molecular complexity index is 1800. The molecule has 0 unspecified atom stereocenters. The molecule has 1 saturated carbocycles. The molecule has 4 aromatic carbocycles. The predicted octanol–water partition coefficient (Wildman–Crippen LogP) is 7.96. The molecule has 0 saturated heterocycles. The second-order valence-corrected chi connectivity index (χ2v) is 15.3. The average molecular weight is 758 g/mol. The highest BCUT2D eigenvalue weighted by Gasteiger charge is 2.36. The normalized spacial score (nSPS) is 14.0. The number of nitrogens with zero attached hydrogens (tertiary/aromatic N) is 2. The molecular formula is C36H36BrCl2N3O4S. The van der Waals surface area contributed by atoms with E-state index < -0.39 is 28.5 Å². The summed E-state index contributed by atoms with van der Waals surface area (Å²) in [5.74, 6) is -0.896. The predicted molar refractivity (Wildman–Crippen MR) is 191 cm³/mol. The monoisotopic (exact) mass is 755 g/mol. The van der Waals surface area contributed by atoms with Gasteiger partial charge >= 0.3 is 0 Å². The van der Waals surface area contributed by atoms with Gasteiger partial charge < -0.3 is 10.2 Å². The van der Waals surface area contributed by atoms with Crippen LogP contribution < -0.4 is 9.62 Å². The molecule has 11 heteroatoms. The highest BCUT2D eigenvalue weighted by molar-refractivity contribution is 9.10. The van der Waals surface area contributed by atoms with E-state index in [9.17, 15) is 18.0 Å². The van der Waals surface area contributed by atoms with Crippen LogP contribution in [0.4, 0.5) is 5.69 Å². The third-order valence-corrected chi connectivity index (χ3v) is 11.3. The van der Waals surface area contributed by atoms with E-state index >= 15 is 0 Å².